The number of ether oxygens (including phenoxy) is 1. The standard InChI is InChI=1S/C18H26N6O2.HI/c1-19-17(20-8-4-13-25-15-16-5-2-14-26-16)23-9-11-24(12-10-23)18-21-6-3-7-22-18;/h2-3,5-7,14H,4,8-13,15H2,1H3,(H,19,20);1H. The van der Waals surface area contributed by atoms with E-state index in [9.17, 15) is 0 Å². The molecule has 0 unspecified atom stereocenters. The minimum Gasteiger partial charge on any atom is -0.467 e. The number of aromatic nitrogens is 2. The average Bonchev–Trinajstić information content (AvgIpc) is 3.22. The van der Waals surface area contributed by atoms with Gasteiger partial charge in [0.05, 0.1) is 6.26 Å². The summed E-state index contributed by atoms with van der Waals surface area (Å²) in [5.41, 5.74) is 0. The van der Waals surface area contributed by atoms with Gasteiger partial charge in [-0.3, -0.25) is 4.99 Å². The molecule has 9 heteroatoms. The third-order valence-corrected chi connectivity index (χ3v) is 4.20. The van der Waals surface area contributed by atoms with Gasteiger partial charge in [0.15, 0.2) is 5.96 Å². The van der Waals surface area contributed by atoms with Crippen LogP contribution in [-0.4, -0.2) is 67.2 Å². The van der Waals surface area contributed by atoms with Gasteiger partial charge in [0.1, 0.15) is 12.4 Å². The number of nitrogens with one attached hydrogen (secondary N) is 1. The Bertz CT molecular complexity index is 660. The van der Waals surface area contributed by atoms with E-state index in [1.165, 1.54) is 0 Å². The lowest BCUT2D eigenvalue weighted by Crippen LogP contribution is -2.53. The first-order valence-corrected chi connectivity index (χ1v) is 8.94. The highest BCUT2D eigenvalue weighted by molar-refractivity contribution is 14.0. The highest BCUT2D eigenvalue weighted by Crippen LogP contribution is 2.09. The van der Waals surface area contributed by atoms with Crippen molar-refractivity contribution in [1.29, 1.82) is 0 Å². The van der Waals surface area contributed by atoms with E-state index in [1.807, 2.05) is 25.2 Å². The summed E-state index contributed by atoms with van der Waals surface area (Å²) in [4.78, 5) is 17.5. The van der Waals surface area contributed by atoms with E-state index in [1.54, 1.807) is 18.7 Å². The Morgan fingerprint density at radius 3 is 2.67 bits per heavy atom. The van der Waals surface area contributed by atoms with Crippen LogP contribution in [0.25, 0.3) is 0 Å². The topological polar surface area (TPSA) is 79.0 Å². The minimum absolute atomic E-state index is 0. The monoisotopic (exact) mass is 486 g/mol. The maximum Gasteiger partial charge on any atom is 0.225 e. The third kappa shape index (κ3) is 6.65. The smallest absolute Gasteiger partial charge is 0.225 e. The fourth-order valence-corrected chi connectivity index (χ4v) is 2.85. The molecule has 1 fully saturated rings. The van der Waals surface area contributed by atoms with Gasteiger partial charge in [-0.05, 0) is 24.6 Å². The number of halogens is 1. The van der Waals surface area contributed by atoms with Crippen molar-refractivity contribution in [2.75, 3.05) is 51.3 Å². The lowest BCUT2D eigenvalue weighted by molar-refractivity contribution is 0.104. The van der Waals surface area contributed by atoms with E-state index in [2.05, 4.69) is 30.1 Å². The van der Waals surface area contributed by atoms with E-state index in [0.29, 0.717) is 13.2 Å². The number of guanidine groups is 1. The molecule has 2 aromatic heterocycles. The molecule has 0 amide bonds. The van der Waals surface area contributed by atoms with Gasteiger partial charge in [0.25, 0.3) is 0 Å². The number of anilines is 1. The summed E-state index contributed by atoms with van der Waals surface area (Å²) in [7, 11) is 1.82. The van der Waals surface area contributed by atoms with Gasteiger partial charge >= 0.3 is 0 Å². The predicted octanol–water partition coefficient (Wildman–Crippen LogP) is 1.99. The Labute approximate surface area is 177 Å². The molecule has 0 spiro atoms. The van der Waals surface area contributed by atoms with Gasteiger partial charge in [-0.15, -0.1) is 24.0 Å². The number of piperazine rings is 1. The van der Waals surface area contributed by atoms with Crippen LogP contribution in [0.2, 0.25) is 0 Å². The molecule has 1 aliphatic heterocycles. The van der Waals surface area contributed by atoms with E-state index in [0.717, 1.165) is 56.8 Å². The zero-order valence-corrected chi connectivity index (χ0v) is 17.9. The van der Waals surface area contributed by atoms with Crippen LogP contribution in [-0.2, 0) is 11.3 Å². The lowest BCUT2D eigenvalue weighted by Gasteiger charge is -2.36. The van der Waals surface area contributed by atoms with E-state index in [-0.39, 0.29) is 24.0 Å². The molecular formula is C18H27IN6O2. The molecule has 1 saturated heterocycles. The predicted molar refractivity (Wildman–Crippen MR) is 116 cm³/mol. The Morgan fingerprint density at radius 1 is 1.22 bits per heavy atom. The van der Waals surface area contributed by atoms with Crippen molar-refractivity contribution in [3.05, 3.63) is 42.6 Å². The molecule has 0 aliphatic carbocycles. The number of furan rings is 1. The van der Waals surface area contributed by atoms with E-state index >= 15 is 0 Å². The highest BCUT2D eigenvalue weighted by atomic mass is 127. The Balaban J connectivity index is 0.00000261. The van der Waals surface area contributed by atoms with E-state index in [4.69, 9.17) is 9.15 Å². The Kier molecular flexibility index (Phi) is 9.32. The number of aliphatic imine (C=N–C) groups is 1. The van der Waals surface area contributed by atoms with Crippen molar-refractivity contribution in [2.45, 2.75) is 13.0 Å². The first-order chi connectivity index (χ1) is 12.9. The summed E-state index contributed by atoms with van der Waals surface area (Å²) in [5.74, 6) is 2.59. The normalized spacial score (nSPS) is 14.8. The molecule has 27 heavy (non-hydrogen) atoms. The van der Waals surface area contributed by atoms with Gasteiger partial charge in [0, 0.05) is 58.8 Å². The average molecular weight is 486 g/mol. The highest BCUT2D eigenvalue weighted by Gasteiger charge is 2.20. The van der Waals surface area contributed by atoms with Crippen LogP contribution in [0.1, 0.15) is 12.2 Å². The van der Waals surface area contributed by atoms with Crippen molar-refractivity contribution < 1.29 is 9.15 Å². The summed E-state index contributed by atoms with van der Waals surface area (Å²) in [6, 6.07) is 5.62. The summed E-state index contributed by atoms with van der Waals surface area (Å²) < 4.78 is 10.8. The maximum absolute atomic E-state index is 5.59. The number of hydrogen-bond acceptors (Lipinski definition) is 6. The van der Waals surface area contributed by atoms with E-state index < -0.39 is 0 Å². The Hall–Kier alpha value is -1.88. The molecular weight excluding hydrogens is 459 g/mol. The second kappa shape index (κ2) is 11.8. The fourth-order valence-electron chi connectivity index (χ4n) is 2.85. The second-order valence-corrected chi connectivity index (χ2v) is 5.98. The molecule has 0 bridgehead atoms. The van der Waals surface area contributed by atoms with Crippen LogP contribution in [0.4, 0.5) is 5.95 Å². The molecule has 0 saturated carbocycles. The van der Waals surface area contributed by atoms with Gasteiger partial charge in [-0.25, -0.2) is 9.97 Å². The fraction of sp³-hybridized carbons (Fsp3) is 0.500. The molecule has 148 valence electrons. The van der Waals surface area contributed by atoms with Crippen molar-refractivity contribution in [3.63, 3.8) is 0 Å². The molecule has 3 heterocycles. The number of rotatable bonds is 7. The molecule has 0 atom stereocenters. The SMILES string of the molecule is CN=C(NCCCOCc1ccco1)N1CCN(c2ncccn2)CC1.I. The molecule has 3 rings (SSSR count). The summed E-state index contributed by atoms with van der Waals surface area (Å²) in [5, 5.41) is 3.41. The van der Waals surface area contributed by atoms with Gasteiger partial charge in [0.2, 0.25) is 5.95 Å². The van der Waals surface area contributed by atoms with Crippen molar-refractivity contribution in [1.82, 2.24) is 20.2 Å². The first kappa shape index (κ1) is 21.4. The van der Waals surface area contributed by atoms with Crippen LogP contribution in [0.3, 0.4) is 0 Å². The quantitative estimate of drug-likeness (QED) is 0.278. The zero-order chi connectivity index (χ0) is 18.0. The summed E-state index contributed by atoms with van der Waals surface area (Å²) in [6.07, 6.45) is 6.14. The third-order valence-electron chi connectivity index (χ3n) is 4.20. The number of nitrogens with zero attached hydrogens (tertiary/aromatic N) is 5. The van der Waals surface area contributed by atoms with Crippen LogP contribution in [0.15, 0.2) is 46.3 Å². The minimum atomic E-state index is 0. The van der Waals surface area contributed by atoms with Crippen molar-refractivity contribution in [2.24, 2.45) is 4.99 Å². The van der Waals surface area contributed by atoms with Gasteiger partial charge < -0.3 is 24.3 Å². The first-order valence-electron chi connectivity index (χ1n) is 8.94. The van der Waals surface area contributed by atoms with Crippen LogP contribution in [0.5, 0.6) is 0 Å². The second-order valence-electron chi connectivity index (χ2n) is 5.98. The molecule has 2 aromatic rings. The van der Waals surface area contributed by atoms with Crippen molar-refractivity contribution in [3.8, 4) is 0 Å². The summed E-state index contributed by atoms with van der Waals surface area (Å²) in [6.45, 7) is 5.59. The summed E-state index contributed by atoms with van der Waals surface area (Å²) >= 11 is 0. The maximum atomic E-state index is 5.59. The van der Waals surface area contributed by atoms with Gasteiger partial charge in [-0.2, -0.15) is 0 Å². The molecule has 1 aliphatic rings. The van der Waals surface area contributed by atoms with Gasteiger partial charge in [-0.1, -0.05) is 0 Å². The van der Waals surface area contributed by atoms with Crippen molar-refractivity contribution >= 4 is 35.9 Å². The lowest BCUT2D eigenvalue weighted by atomic mass is 10.3. The van der Waals surface area contributed by atoms with Crippen LogP contribution < -0.4 is 10.2 Å². The Morgan fingerprint density at radius 2 is 2.00 bits per heavy atom. The molecule has 1 N–H and O–H groups in total. The van der Waals surface area contributed by atoms with Crippen LogP contribution in [0, 0.1) is 0 Å². The van der Waals surface area contributed by atoms with Crippen LogP contribution >= 0.6 is 24.0 Å². The molecule has 8 nitrogen and oxygen atoms in total. The molecule has 0 radical (unpaired) electrons. The largest absolute Gasteiger partial charge is 0.467 e. The number of hydrogen-bond donors (Lipinski definition) is 1. The molecule has 0 aromatic carbocycles. The zero-order valence-electron chi connectivity index (χ0n) is 15.6.